The van der Waals surface area contributed by atoms with E-state index < -0.39 is 0 Å². The van der Waals surface area contributed by atoms with Gasteiger partial charge in [-0.2, -0.15) is 0 Å². The fourth-order valence-corrected chi connectivity index (χ4v) is 4.23. The van der Waals surface area contributed by atoms with Gasteiger partial charge in [-0.15, -0.1) is 0 Å². The number of rotatable bonds is 3. The van der Waals surface area contributed by atoms with Crippen LogP contribution in [0.4, 0.5) is 0 Å². The zero-order valence-corrected chi connectivity index (χ0v) is 14.8. The van der Waals surface area contributed by atoms with E-state index in [0.29, 0.717) is 0 Å². The predicted molar refractivity (Wildman–Crippen MR) is 106 cm³/mol. The molecular formula is C23H20N2O. The van der Waals surface area contributed by atoms with Crippen LogP contribution in [0.2, 0.25) is 0 Å². The van der Waals surface area contributed by atoms with Crippen molar-refractivity contribution in [3.8, 4) is 0 Å². The summed E-state index contributed by atoms with van der Waals surface area (Å²) in [7, 11) is 0. The molecule has 0 aliphatic heterocycles. The molecule has 3 heteroatoms. The standard InChI is InChI=1S/C23H20N2O/c1-14-21(16-8-3-5-10-18(16)24-14)23(20-12-7-13-26-20)22-15(2)25-19-11-6-4-9-17(19)22/h3-13,23-25H,1-2H3. The van der Waals surface area contributed by atoms with Crippen molar-refractivity contribution in [2.45, 2.75) is 19.8 Å². The Kier molecular flexibility index (Phi) is 3.29. The van der Waals surface area contributed by atoms with Crippen molar-refractivity contribution < 1.29 is 4.42 Å². The number of hydrogen-bond acceptors (Lipinski definition) is 1. The Labute approximate surface area is 151 Å². The highest BCUT2D eigenvalue weighted by Gasteiger charge is 2.28. The van der Waals surface area contributed by atoms with Gasteiger partial charge in [0.1, 0.15) is 5.76 Å². The van der Waals surface area contributed by atoms with Crippen molar-refractivity contribution in [2.24, 2.45) is 0 Å². The quantitative estimate of drug-likeness (QED) is 0.413. The van der Waals surface area contributed by atoms with Gasteiger partial charge in [-0.3, -0.25) is 0 Å². The molecule has 5 rings (SSSR count). The van der Waals surface area contributed by atoms with Crippen LogP contribution in [-0.2, 0) is 0 Å². The van der Waals surface area contributed by atoms with E-state index >= 15 is 0 Å². The van der Waals surface area contributed by atoms with Crippen molar-refractivity contribution >= 4 is 21.8 Å². The molecule has 0 radical (unpaired) electrons. The van der Waals surface area contributed by atoms with Crippen LogP contribution in [0.3, 0.4) is 0 Å². The van der Waals surface area contributed by atoms with Crippen molar-refractivity contribution in [3.05, 3.63) is 95.2 Å². The lowest BCUT2D eigenvalue weighted by Crippen LogP contribution is -2.04. The second-order valence-electron chi connectivity index (χ2n) is 6.87. The molecule has 2 N–H and O–H groups in total. The zero-order chi connectivity index (χ0) is 17.7. The number of hydrogen-bond donors (Lipinski definition) is 2. The zero-order valence-electron chi connectivity index (χ0n) is 14.8. The van der Waals surface area contributed by atoms with Crippen molar-refractivity contribution in [2.75, 3.05) is 0 Å². The van der Waals surface area contributed by atoms with Crippen LogP contribution >= 0.6 is 0 Å². The lowest BCUT2D eigenvalue weighted by molar-refractivity contribution is 0.503. The molecule has 0 spiro atoms. The minimum absolute atomic E-state index is 0.0392. The summed E-state index contributed by atoms with van der Waals surface area (Å²) in [5.74, 6) is 1.00. The third kappa shape index (κ3) is 2.14. The summed E-state index contributed by atoms with van der Waals surface area (Å²) in [6, 6.07) is 21.0. The number of aryl methyl sites for hydroxylation is 2. The maximum absolute atomic E-state index is 5.92. The molecule has 2 aromatic carbocycles. The van der Waals surface area contributed by atoms with Gasteiger partial charge in [-0.25, -0.2) is 0 Å². The van der Waals surface area contributed by atoms with E-state index in [1.807, 2.05) is 6.07 Å². The van der Waals surface area contributed by atoms with Crippen molar-refractivity contribution in [1.29, 1.82) is 0 Å². The Bertz CT molecular complexity index is 1130. The molecule has 3 heterocycles. The second-order valence-corrected chi connectivity index (χ2v) is 6.87. The van der Waals surface area contributed by atoms with Crippen molar-refractivity contribution in [1.82, 2.24) is 9.97 Å². The van der Waals surface area contributed by atoms with Crippen LogP contribution in [0, 0.1) is 13.8 Å². The Morgan fingerprint density at radius 3 is 1.73 bits per heavy atom. The topological polar surface area (TPSA) is 44.7 Å². The fourth-order valence-electron chi connectivity index (χ4n) is 4.23. The Balaban J connectivity index is 1.88. The summed E-state index contributed by atoms with van der Waals surface area (Å²) in [5, 5.41) is 2.49. The van der Waals surface area contributed by atoms with E-state index in [0.717, 1.165) is 16.8 Å². The SMILES string of the molecule is Cc1[nH]c2ccccc2c1C(c1ccco1)c1c(C)[nH]c2ccccc12. The maximum Gasteiger partial charge on any atom is 0.115 e. The van der Waals surface area contributed by atoms with Crippen LogP contribution in [0.15, 0.2) is 71.3 Å². The summed E-state index contributed by atoms with van der Waals surface area (Å²) in [6.07, 6.45) is 1.76. The van der Waals surface area contributed by atoms with Gasteiger partial charge < -0.3 is 14.4 Å². The molecule has 0 unspecified atom stereocenters. The fraction of sp³-hybridized carbons (Fsp3) is 0.130. The minimum atomic E-state index is 0.0392. The van der Waals surface area contributed by atoms with Crippen LogP contribution in [0.5, 0.6) is 0 Å². The smallest absolute Gasteiger partial charge is 0.115 e. The molecule has 0 atom stereocenters. The highest BCUT2D eigenvalue weighted by molar-refractivity contribution is 5.90. The molecule has 128 valence electrons. The number of para-hydroxylation sites is 2. The van der Waals surface area contributed by atoms with Gasteiger partial charge in [-0.1, -0.05) is 36.4 Å². The number of benzene rings is 2. The Hall–Kier alpha value is -3.20. The number of aromatic nitrogens is 2. The lowest BCUT2D eigenvalue weighted by atomic mass is 9.85. The first-order valence-corrected chi connectivity index (χ1v) is 8.92. The second kappa shape index (κ2) is 5.67. The third-order valence-corrected chi connectivity index (χ3v) is 5.29. The molecule has 0 saturated heterocycles. The number of fused-ring (bicyclic) bond motifs is 2. The van der Waals surface area contributed by atoms with Crippen molar-refractivity contribution in [3.63, 3.8) is 0 Å². The molecule has 0 aliphatic rings. The summed E-state index contributed by atoms with van der Waals surface area (Å²) in [4.78, 5) is 7.09. The highest BCUT2D eigenvalue weighted by atomic mass is 16.3. The van der Waals surface area contributed by atoms with Crippen LogP contribution < -0.4 is 0 Å². The first kappa shape index (κ1) is 15.1. The Morgan fingerprint density at radius 2 is 1.23 bits per heavy atom. The number of aromatic amines is 2. The average Bonchev–Trinajstić information content (AvgIpc) is 3.35. The molecule has 0 amide bonds. The molecule has 0 aliphatic carbocycles. The monoisotopic (exact) mass is 340 g/mol. The molecule has 5 aromatic rings. The minimum Gasteiger partial charge on any atom is -0.468 e. The van der Waals surface area contributed by atoms with Crippen LogP contribution in [-0.4, -0.2) is 9.97 Å². The number of nitrogens with one attached hydrogen (secondary N) is 2. The van der Waals surface area contributed by atoms with Crippen LogP contribution in [0.1, 0.15) is 34.2 Å². The number of H-pyrrole nitrogens is 2. The van der Waals surface area contributed by atoms with E-state index in [9.17, 15) is 0 Å². The Morgan fingerprint density at radius 1 is 0.692 bits per heavy atom. The summed E-state index contributed by atoms with van der Waals surface area (Å²) >= 11 is 0. The summed E-state index contributed by atoms with van der Waals surface area (Å²) < 4.78 is 5.92. The average molecular weight is 340 g/mol. The maximum atomic E-state index is 5.92. The third-order valence-electron chi connectivity index (χ3n) is 5.29. The van der Waals surface area contributed by atoms with Gasteiger partial charge in [0.2, 0.25) is 0 Å². The van der Waals surface area contributed by atoms with E-state index in [1.165, 1.54) is 33.3 Å². The summed E-state index contributed by atoms with van der Waals surface area (Å²) in [5.41, 5.74) is 7.24. The van der Waals surface area contributed by atoms with E-state index in [4.69, 9.17) is 4.42 Å². The van der Waals surface area contributed by atoms with E-state index in [-0.39, 0.29) is 5.92 Å². The molecule has 3 nitrogen and oxygen atoms in total. The largest absolute Gasteiger partial charge is 0.468 e. The van der Waals surface area contributed by atoms with Gasteiger partial charge in [0, 0.05) is 33.2 Å². The normalized spacial score (nSPS) is 11.8. The molecular weight excluding hydrogens is 320 g/mol. The molecule has 0 bridgehead atoms. The van der Waals surface area contributed by atoms with Gasteiger partial charge in [0.15, 0.2) is 0 Å². The first-order chi connectivity index (χ1) is 12.7. The van der Waals surface area contributed by atoms with Gasteiger partial charge >= 0.3 is 0 Å². The number of furan rings is 1. The van der Waals surface area contributed by atoms with Crippen LogP contribution in [0.25, 0.3) is 21.8 Å². The molecule has 0 fully saturated rings. The van der Waals surface area contributed by atoms with E-state index in [2.05, 4.69) is 78.4 Å². The van der Waals surface area contributed by atoms with Gasteiger partial charge in [0.05, 0.1) is 12.2 Å². The summed E-state index contributed by atoms with van der Waals surface area (Å²) in [6.45, 7) is 4.30. The van der Waals surface area contributed by atoms with E-state index in [1.54, 1.807) is 6.26 Å². The molecule has 3 aromatic heterocycles. The highest BCUT2D eigenvalue weighted by Crippen LogP contribution is 2.42. The molecule has 26 heavy (non-hydrogen) atoms. The molecule has 0 saturated carbocycles. The predicted octanol–water partition coefficient (Wildman–Crippen LogP) is 6.04. The van der Waals surface area contributed by atoms with Gasteiger partial charge in [0.25, 0.3) is 0 Å². The van der Waals surface area contributed by atoms with Gasteiger partial charge in [-0.05, 0) is 49.2 Å². The first-order valence-electron chi connectivity index (χ1n) is 8.92. The lowest BCUT2D eigenvalue weighted by Gasteiger charge is -2.17.